The van der Waals surface area contributed by atoms with Gasteiger partial charge in [-0.25, -0.2) is 0 Å². The second-order valence-electron chi connectivity index (χ2n) is 3.41. The van der Waals surface area contributed by atoms with Crippen molar-refractivity contribution in [1.29, 1.82) is 0 Å². The molecule has 1 atom stereocenters. The van der Waals surface area contributed by atoms with Gasteiger partial charge in [-0.3, -0.25) is 0 Å². The first-order valence-electron chi connectivity index (χ1n) is 3.86. The molecule has 60 valence electrons. The number of aliphatic hydroxyl groups excluding tert-OH is 1. The zero-order valence-corrected chi connectivity index (χ0v) is 6.76. The summed E-state index contributed by atoms with van der Waals surface area (Å²) in [6, 6.07) is 0. The predicted molar refractivity (Wildman–Crippen MR) is 39.8 cm³/mol. The lowest BCUT2D eigenvalue weighted by molar-refractivity contribution is 0.0735. The van der Waals surface area contributed by atoms with Crippen molar-refractivity contribution < 1.29 is 9.84 Å². The van der Waals surface area contributed by atoms with Gasteiger partial charge in [-0.1, -0.05) is 0 Å². The molecule has 0 bridgehead atoms. The molecule has 0 aromatic carbocycles. The van der Waals surface area contributed by atoms with E-state index < -0.39 is 0 Å². The van der Waals surface area contributed by atoms with Crippen molar-refractivity contribution >= 4 is 0 Å². The zero-order valence-electron chi connectivity index (χ0n) is 6.76. The molecule has 1 N–H and O–H groups in total. The first-order valence-corrected chi connectivity index (χ1v) is 3.86. The molecule has 1 unspecified atom stereocenters. The molecule has 0 aromatic rings. The van der Waals surface area contributed by atoms with Crippen molar-refractivity contribution in [2.45, 2.75) is 32.3 Å². The number of ether oxygens (including phenoxy) is 1. The fourth-order valence-electron chi connectivity index (χ4n) is 1.30. The van der Waals surface area contributed by atoms with E-state index in [1.54, 1.807) is 7.11 Å². The Kier molecular flexibility index (Phi) is 2.32. The van der Waals surface area contributed by atoms with Gasteiger partial charge in [-0.2, -0.15) is 0 Å². The largest absolute Gasteiger partial charge is 0.396 e. The summed E-state index contributed by atoms with van der Waals surface area (Å²) < 4.78 is 5.12. The fraction of sp³-hybridized carbons (Fsp3) is 1.00. The summed E-state index contributed by atoms with van der Waals surface area (Å²) >= 11 is 0. The Morgan fingerprint density at radius 3 is 2.50 bits per heavy atom. The minimum atomic E-state index is 0.245. The standard InChI is InChI=1S/C8H16O2/c1-7(10-2)5-8(6-9)3-4-8/h7,9H,3-6H2,1-2H3. The second-order valence-corrected chi connectivity index (χ2v) is 3.41. The summed E-state index contributed by atoms with van der Waals surface area (Å²) in [6.07, 6.45) is 3.67. The molecule has 2 nitrogen and oxygen atoms in total. The van der Waals surface area contributed by atoms with Gasteiger partial charge in [0.25, 0.3) is 0 Å². The fourth-order valence-corrected chi connectivity index (χ4v) is 1.30. The summed E-state index contributed by atoms with van der Waals surface area (Å²) in [4.78, 5) is 0. The van der Waals surface area contributed by atoms with Crippen LogP contribution in [-0.2, 0) is 4.74 Å². The second kappa shape index (κ2) is 2.89. The Hall–Kier alpha value is -0.0800. The number of hydrogen-bond acceptors (Lipinski definition) is 2. The average molecular weight is 144 g/mol. The predicted octanol–water partition coefficient (Wildman–Crippen LogP) is 1.18. The SMILES string of the molecule is COC(C)CC1(CO)CC1. The molecule has 0 heterocycles. The quantitative estimate of drug-likeness (QED) is 0.642. The van der Waals surface area contributed by atoms with Crippen LogP contribution < -0.4 is 0 Å². The van der Waals surface area contributed by atoms with Crippen LogP contribution >= 0.6 is 0 Å². The summed E-state index contributed by atoms with van der Waals surface area (Å²) in [6.45, 7) is 2.39. The third-order valence-corrected chi connectivity index (χ3v) is 2.42. The van der Waals surface area contributed by atoms with E-state index in [0.717, 1.165) is 6.42 Å². The van der Waals surface area contributed by atoms with Crippen LogP contribution in [0.25, 0.3) is 0 Å². The summed E-state index contributed by atoms with van der Waals surface area (Å²) in [7, 11) is 1.72. The molecule has 1 saturated carbocycles. The Morgan fingerprint density at radius 1 is 1.60 bits per heavy atom. The molecule has 0 saturated heterocycles. The molecule has 0 aliphatic heterocycles. The number of hydrogen-bond donors (Lipinski definition) is 1. The van der Waals surface area contributed by atoms with Crippen LogP contribution in [0.4, 0.5) is 0 Å². The van der Waals surface area contributed by atoms with Crippen molar-refractivity contribution in [2.75, 3.05) is 13.7 Å². The van der Waals surface area contributed by atoms with E-state index in [1.807, 2.05) is 0 Å². The van der Waals surface area contributed by atoms with Crippen LogP contribution in [0.5, 0.6) is 0 Å². The van der Waals surface area contributed by atoms with E-state index in [1.165, 1.54) is 12.8 Å². The van der Waals surface area contributed by atoms with E-state index in [0.29, 0.717) is 12.7 Å². The molecule has 1 aliphatic carbocycles. The molecule has 1 aliphatic rings. The van der Waals surface area contributed by atoms with Gasteiger partial charge in [0.15, 0.2) is 0 Å². The van der Waals surface area contributed by atoms with E-state index in [4.69, 9.17) is 9.84 Å². The lowest BCUT2D eigenvalue weighted by Crippen LogP contribution is -2.16. The van der Waals surface area contributed by atoms with Crippen LogP contribution in [0.3, 0.4) is 0 Å². The summed E-state index contributed by atoms with van der Waals surface area (Å²) in [5, 5.41) is 8.95. The Labute approximate surface area is 62.2 Å². The molecule has 10 heavy (non-hydrogen) atoms. The van der Waals surface area contributed by atoms with Crippen LogP contribution in [0, 0.1) is 5.41 Å². The highest BCUT2D eigenvalue weighted by Crippen LogP contribution is 2.49. The highest BCUT2D eigenvalue weighted by atomic mass is 16.5. The van der Waals surface area contributed by atoms with E-state index in [2.05, 4.69) is 6.92 Å². The number of rotatable bonds is 4. The van der Waals surface area contributed by atoms with Crippen molar-refractivity contribution in [2.24, 2.45) is 5.41 Å². The van der Waals surface area contributed by atoms with Gasteiger partial charge in [-0.15, -0.1) is 0 Å². The maximum Gasteiger partial charge on any atom is 0.0549 e. The highest BCUT2D eigenvalue weighted by Gasteiger charge is 2.42. The normalized spacial score (nSPS) is 24.3. The van der Waals surface area contributed by atoms with E-state index in [-0.39, 0.29) is 5.41 Å². The van der Waals surface area contributed by atoms with Crippen molar-refractivity contribution in [3.63, 3.8) is 0 Å². The number of methoxy groups -OCH3 is 1. The molecular formula is C8H16O2. The molecular weight excluding hydrogens is 128 g/mol. The zero-order chi connectivity index (χ0) is 7.61. The maximum atomic E-state index is 8.95. The Bertz CT molecular complexity index is 108. The third kappa shape index (κ3) is 1.70. The maximum absolute atomic E-state index is 8.95. The minimum Gasteiger partial charge on any atom is -0.396 e. The molecule has 0 spiro atoms. The molecule has 0 aromatic heterocycles. The monoisotopic (exact) mass is 144 g/mol. The Morgan fingerprint density at radius 2 is 2.20 bits per heavy atom. The molecule has 1 rings (SSSR count). The Balaban J connectivity index is 2.23. The lowest BCUT2D eigenvalue weighted by Gasteiger charge is -2.15. The minimum absolute atomic E-state index is 0.245. The number of aliphatic hydroxyl groups is 1. The highest BCUT2D eigenvalue weighted by molar-refractivity contribution is 4.93. The molecule has 0 radical (unpaired) electrons. The van der Waals surface area contributed by atoms with Gasteiger partial charge in [0.05, 0.1) is 6.10 Å². The lowest BCUT2D eigenvalue weighted by atomic mass is 10.0. The van der Waals surface area contributed by atoms with Crippen molar-refractivity contribution in [3.05, 3.63) is 0 Å². The summed E-state index contributed by atoms with van der Waals surface area (Å²) in [5.41, 5.74) is 0.245. The topological polar surface area (TPSA) is 29.5 Å². The third-order valence-electron chi connectivity index (χ3n) is 2.42. The molecule has 1 fully saturated rings. The van der Waals surface area contributed by atoms with Crippen LogP contribution in [0.2, 0.25) is 0 Å². The van der Waals surface area contributed by atoms with Gasteiger partial charge in [0, 0.05) is 13.7 Å². The molecule has 2 heteroatoms. The van der Waals surface area contributed by atoms with Crippen LogP contribution in [0.1, 0.15) is 26.2 Å². The van der Waals surface area contributed by atoms with Gasteiger partial charge in [0.1, 0.15) is 0 Å². The van der Waals surface area contributed by atoms with Crippen LogP contribution in [-0.4, -0.2) is 24.9 Å². The average Bonchev–Trinajstić information content (AvgIpc) is 2.70. The van der Waals surface area contributed by atoms with Crippen molar-refractivity contribution in [1.82, 2.24) is 0 Å². The van der Waals surface area contributed by atoms with Gasteiger partial charge >= 0.3 is 0 Å². The first-order chi connectivity index (χ1) is 4.72. The van der Waals surface area contributed by atoms with Gasteiger partial charge in [0.2, 0.25) is 0 Å². The first kappa shape index (κ1) is 8.02. The van der Waals surface area contributed by atoms with E-state index in [9.17, 15) is 0 Å². The summed E-state index contributed by atoms with van der Waals surface area (Å²) in [5.74, 6) is 0. The van der Waals surface area contributed by atoms with Crippen molar-refractivity contribution in [3.8, 4) is 0 Å². The molecule has 0 amide bonds. The van der Waals surface area contributed by atoms with Gasteiger partial charge < -0.3 is 9.84 Å². The smallest absolute Gasteiger partial charge is 0.0549 e. The van der Waals surface area contributed by atoms with E-state index >= 15 is 0 Å². The van der Waals surface area contributed by atoms with Crippen LogP contribution in [0.15, 0.2) is 0 Å². The van der Waals surface area contributed by atoms with Gasteiger partial charge in [-0.05, 0) is 31.6 Å².